The fraction of sp³-hybridized carbons (Fsp3) is 0.273. The molecule has 7 heteroatoms. The van der Waals surface area contributed by atoms with Crippen molar-refractivity contribution in [3.63, 3.8) is 0 Å². The van der Waals surface area contributed by atoms with E-state index in [0.717, 1.165) is 12.8 Å². The van der Waals surface area contributed by atoms with Gasteiger partial charge in [-0.2, -0.15) is 0 Å². The number of aryl methyl sites for hydroxylation is 2. The van der Waals surface area contributed by atoms with Gasteiger partial charge in [0.1, 0.15) is 0 Å². The molecule has 2 aromatic heterocycles. The van der Waals surface area contributed by atoms with E-state index in [-0.39, 0.29) is 5.56 Å². The van der Waals surface area contributed by atoms with Crippen molar-refractivity contribution in [1.29, 1.82) is 0 Å². The fourth-order valence-corrected chi connectivity index (χ4v) is 4.02. The lowest BCUT2D eigenvalue weighted by molar-refractivity contribution is 0.469. The normalized spacial score (nSPS) is 11.2. The second kappa shape index (κ2) is 9.05. The molecule has 0 bridgehead atoms. The number of benzene rings is 2. The summed E-state index contributed by atoms with van der Waals surface area (Å²) in [5.41, 5.74) is 1.96. The highest BCUT2D eigenvalue weighted by molar-refractivity contribution is 7.98. The molecule has 0 aliphatic rings. The van der Waals surface area contributed by atoms with Crippen molar-refractivity contribution >= 4 is 22.7 Å². The van der Waals surface area contributed by atoms with Gasteiger partial charge in [0.25, 0.3) is 5.56 Å². The smallest absolute Gasteiger partial charge is 0.262 e. The first kappa shape index (κ1) is 19.4. The van der Waals surface area contributed by atoms with E-state index in [9.17, 15) is 4.79 Å². The zero-order valence-corrected chi connectivity index (χ0v) is 17.1. The molecule has 0 saturated heterocycles. The maximum Gasteiger partial charge on any atom is 0.262 e. The van der Waals surface area contributed by atoms with Crippen LogP contribution in [0.4, 0.5) is 0 Å². The number of thioether (sulfide) groups is 1. The van der Waals surface area contributed by atoms with Gasteiger partial charge in [-0.15, -0.1) is 10.2 Å². The molecule has 2 aromatic carbocycles. The van der Waals surface area contributed by atoms with Gasteiger partial charge in [-0.3, -0.25) is 9.36 Å². The van der Waals surface area contributed by atoms with Crippen molar-refractivity contribution in [1.82, 2.24) is 19.7 Å². The average molecular weight is 407 g/mol. The lowest BCUT2D eigenvalue weighted by Gasteiger charge is -2.12. The predicted molar refractivity (Wildman–Crippen MR) is 114 cm³/mol. The van der Waals surface area contributed by atoms with Gasteiger partial charge >= 0.3 is 0 Å². The minimum atomic E-state index is -0.00839. The number of para-hydroxylation sites is 1. The molecule has 0 saturated carbocycles. The van der Waals surface area contributed by atoms with Crippen LogP contribution in [0, 0.1) is 0 Å². The fourth-order valence-electron chi connectivity index (χ4n) is 3.16. The van der Waals surface area contributed by atoms with Crippen molar-refractivity contribution in [2.75, 3.05) is 0 Å². The van der Waals surface area contributed by atoms with Crippen LogP contribution >= 0.6 is 11.8 Å². The first-order chi connectivity index (χ1) is 14.2. The van der Waals surface area contributed by atoms with Crippen molar-refractivity contribution in [3.05, 3.63) is 82.3 Å². The van der Waals surface area contributed by atoms with E-state index in [1.54, 1.807) is 4.57 Å². The summed E-state index contributed by atoms with van der Waals surface area (Å²) in [5.74, 6) is 1.65. The topological polar surface area (TPSA) is 73.8 Å². The van der Waals surface area contributed by atoms with Gasteiger partial charge in [0.2, 0.25) is 11.8 Å². The zero-order valence-electron chi connectivity index (χ0n) is 16.2. The van der Waals surface area contributed by atoms with E-state index < -0.39 is 0 Å². The minimum Gasteiger partial charge on any atom is -0.424 e. The van der Waals surface area contributed by atoms with E-state index in [0.29, 0.717) is 46.6 Å². The van der Waals surface area contributed by atoms with Crippen molar-refractivity contribution in [2.45, 2.75) is 43.6 Å². The summed E-state index contributed by atoms with van der Waals surface area (Å²) in [6.45, 7) is 2.58. The first-order valence-corrected chi connectivity index (χ1v) is 10.7. The number of fused-ring (bicyclic) bond motifs is 1. The quantitative estimate of drug-likeness (QED) is 0.321. The third-order valence-corrected chi connectivity index (χ3v) is 5.61. The second-order valence-corrected chi connectivity index (χ2v) is 7.63. The molecule has 0 aliphatic carbocycles. The van der Waals surface area contributed by atoms with E-state index in [1.165, 1.54) is 17.3 Å². The molecule has 29 heavy (non-hydrogen) atoms. The van der Waals surface area contributed by atoms with Crippen LogP contribution in [-0.4, -0.2) is 19.7 Å². The third-order valence-electron chi connectivity index (χ3n) is 4.65. The van der Waals surface area contributed by atoms with Gasteiger partial charge in [0.15, 0.2) is 5.16 Å². The highest BCUT2D eigenvalue weighted by Crippen LogP contribution is 2.22. The molecule has 4 rings (SSSR count). The summed E-state index contributed by atoms with van der Waals surface area (Å²) in [6, 6.07) is 17.8. The number of hydrogen-bond acceptors (Lipinski definition) is 6. The van der Waals surface area contributed by atoms with Crippen LogP contribution < -0.4 is 5.56 Å². The van der Waals surface area contributed by atoms with Crippen LogP contribution in [0.3, 0.4) is 0 Å². The molecule has 0 aliphatic heterocycles. The SMILES string of the molecule is CCc1nnc(CSc2nc3ccccc3c(=O)n2CCCc2ccccc2)o1. The molecule has 4 aromatic rings. The molecule has 0 N–H and O–H groups in total. The Morgan fingerprint density at radius 2 is 1.76 bits per heavy atom. The summed E-state index contributed by atoms with van der Waals surface area (Å²) in [5, 5.41) is 9.39. The van der Waals surface area contributed by atoms with Gasteiger partial charge in [-0.05, 0) is 30.5 Å². The Kier molecular flexibility index (Phi) is 6.05. The highest BCUT2D eigenvalue weighted by Gasteiger charge is 2.13. The summed E-state index contributed by atoms with van der Waals surface area (Å²) >= 11 is 1.45. The monoisotopic (exact) mass is 406 g/mol. The van der Waals surface area contributed by atoms with Crippen molar-refractivity contribution < 1.29 is 4.42 Å². The van der Waals surface area contributed by atoms with E-state index in [2.05, 4.69) is 22.3 Å². The van der Waals surface area contributed by atoms with Crippen molar-refractivity contribution in [3.8, 4) is 0 Å². The summed E-state index contributed by atoms with van der Waals surface area (Å²) in [4.78, 5) is 17.9. The molecule has 148 valence electrons. The largest absolute Gasteiger partial charge is 0.424 e. The van der Waals surface area contributed by atoms with E-state index in [1.807, 2.05) is 49.4 Å². The van der Waals surface area contributed by atoms with E-state index >= 15 is 0 Å². The average Bonchev–Trinajstić information content (AvgIpc) is 3.23. The minimum absolute atomic E-state index is 0.00839. The molecule has 0 amide bonds. The van der Waals surface area contributed by atoms with Crippen LogP contribution in [0.15, 0.2) is 69.0 Å². The molecular formula is C22H22N4O2S. The first-order valence-electron chi connectivity index (χ1n) is 9.72. The number of nitrogens with zero attached hydrogens (tertiary/aromatic N) is 4. The van der Waals surface area contributed by atoms with Gasteiger partial charge in [0, 0.05) is 13.0 Å². The Morgan fingerprint density at radius 3 is 2.55 bits per heavy atom. The van der Waals surface area contributed by atoms with Crippen LogP contribution in [-0.2, 0) is 25.1 Å². The van der Waals surface area contributed by atoms with E-state index in [4.69, 9.17) is 9.40 Å². The molecule has 6 nitrogen and oxygen atoms in total. The molecule has 0 unspecified atom stereocenters. The third kappa shape index (κ3) is 4.56. The maximum atomic E-state index is 13.1. The molecule has 0 fully saturated rings. The van der Waals surface area contributed by atoms with Gasteiger partial charge in [-0.1, -0.05) is 61.2 Å². The Morgan fingerprint density at radius 1 is 1.00 bits per heavy atom. The lowest BCUT2D eigenvalue weighted by atomic mass is 10.1. The standard InChI is InChI=1S/C22H22N4O2S/c1-2-19-24-25-20(28-19)15-29-22-23-18-13-7-6-12-17(18)21(27)26(22)14-8-11-16-9-4-3-5-10-16/h3-7,9-10,12-13H,2,8,11,14-15H2,1H3. The summed E-state index contributed by atoms with van der Waals surface area (Å²) in [7, 11) is 0. The van der Waals surface area contributed by atoms with Crippen LogP contribution in [0.1, 0.15) is 30.7 Å². The number of aromatic nitrogens is 4. The zero-order chi connectivity index (χ0) is 20.1. The van der Waals surface area contributed by atoms with Crippen LogP contribution in [0.5, 0.6) is 0 Å². The molecule has 2 heterocycles. The Labute approximate surface area is 173 Å². The van der Waals surface area contributed by atoms with Crippen LogP contribution in [0.2, 0.25) is 0 Å². The molecule has 0 radical (unpaired) electrons. The number of rotatable bonds is 8. The summed E-state index contributed by atoms with van der Waals surface area (Å²) in [6.07, 6.45) is 2.47. The molecule has 0 spiro atoms. The number of hydrogen-bond donors (Lipinski definition) is 0. The Balaban J connectivity index is 1.58. The predicted octanol–water partition coefficient (Wildman–Crippen LogP) is 4.27. The Hall–Kier alpha value is -2.93. The maximum absolute atomic E-state index is 13.1. The molecule has 0 atom stereocenters. The lowest BCUT2D eigenvalue weighted by Crippen LogP contribution is -2.23. The summed E-state index contributed by atoms with van der Waals surface area (Å²) < 4.78 is 7.36. The van der Waals surface area contributed by atoms with Crippen molar-refractivity contribution in [2.24, 2.45) is 0 Å². The molecular weight excluding hydrogens is 384 g/mol. The van der Waals surface area contributed by atoms with Gasteiger partial charge in [0.05, 0.1) is 16.7 Å². The van der Waals surface area contributed by atoms with Gasteiger partial charge < -0.3 is 4.42 Å². The Bertz CT molecular complexity index is 1150. The highest BCUT2D eigenvalue weighted by atomic mass is 32.2. The van der Waals surface area contributed by atoms with Crippen LogP contribution in [0.25, 0.3) is 10.9 Å². The second-order valence-electron chi connectivity index (χ2n) is 6.69. The van der Waals surface area contributed by atoms with Gasteiger partial charge in [-0.25, -0.2) is 4.98 Å².